The lowest BCUT2D eigenvalue weighted by Gasteiger charge is -2.13. The van der Waals surface area contributed by atoms with Gasteiger partial charge in [-0.15, -0.1) is 0 Å². The summed E-state index contributed by atoms with van der Waals surface area (Å²) in [5, 5.41) is 11.5. The Morgan fingerprint density at radius 2 is 1.96 bits per heavy atom. The predicted molar refractivity (Wildman–Crippen MR) is 87.9 cm³/mol. The first kappa shape index (κ1) is 18.3. The van der Waals surface area contributed by atoms with Crippen LogP contribution in [0.5, 0.6) is 0 Å². The highest BCUT2D eigenvalue weighted by Crippen LogP contribution is 2.31. The molecule has 1 heterocycles. The van der Waals surface area contributed by atoms with Crippen LogP contribution in [0.2, 0.25) is 0 Å². The first-order valence-electron chi connectivity index (χ1n) is 7.39. The van der Waals surface area contributed by atoms with E-state index in [4.69, 9.17) is 5.26 Å². The van der Waals surface area contributed by atoms with E-state index in [-0.39, 0.29) is 5.57 Å². The smallest absolute Gasteiger partial charge is 0.354 e. The molecule has 0 aliphatic carbocycles. The third kappa shape index (κ3) is 3.74. The van der Waals surface area contributed by atoms with Gasteiger partial charge in [-0.05, 0) is 49.8 Å². The summed E-state index contributed by atoms with van der Waals surface area (Å²) >= 11 is 0. The van der Waals surface area contributed by atoms with Gasteiger partial charge in [0.05, 0.1) is 5.56 Å². The summed E-state index contributed by atoms with van der Waals surface area (Å²) in [6.07, 6.45) is -3.01. The molecule has 7 heteroatoms. The lowest BCUT2D eigenvalue weighted by Crippen LogP contribution is -2.19. The largest absolute Gasteiger partial charge is 0.416 e. The van der Waals surface area contributed by atoms with Crippen molar-refractivity contribution in [1.82, 2.24) is 9.88 Å². The molecule has 0 atom stereocenters. The van der Waals surface area contributed by atoms with Crippen LogP contribution in [0.25, 0.3) is 11.8 Å². The average molecular weight is 347 g/mol. The van der Waals surface area contributed by atoms with Crippen LogP contribution in [0.1, 0.15) is 22.5 Å². The normalized spacial score (nSPS) is 12.0. The topological polar surface area (TPSA) is 57.8 Å². The van der Waals surface area contributed by atoms with Crippen LogP contribution >= 0.6 is 0 Å². The van der Waals surface area contributed by atoms with Crippen molar-refractivity contribution in [3.63, 3.8) is 0 Å². The number of alkyl halides is 3. The number of aryl methyl sites for hydroxylation is 1. The second kappa shape index (κ2) is 6.85. The van der Waals surface area contributed by atoms with Crippen molar-refractivity contribution in [2.45, 2.75) is 20.0 Å². The zero-order valence-electron chi connectivity index (χ0n) is 13.9. The number of nitrogens with zero attached hydrogens (tertiary/aromatic N) is 2. The van der Waals surface area contributed by atoms with Crippen molar-refractivity contribution >= 4 is 12.0 Å². The van der Waals surface area contributed by atoms with Crippen molar-refractivity contribution in [2.75, 3.05) is 7.05 Å². The number of hydrogen-bond acceptors (Lipinski definition) is 2. The number of nitrogens with one attached hydrogen (secondary N) is 1. The number of benzene rings is 1. The third-order valence-electron chi connectivity index (χ3n) is 3.79. The molecule has 0 bridgehead atoms. The number of rotatable bonds is 3. The van der Waals surface area contributed by atoms with Crippen LogP contribution in [0.4, 0.5) is 13.2 Å². The Kier molecular flexibility index (Phi) is 5.02. The summed E-state index contributed by atoms with van der Waals surface area (Å²) in [4.78, 5) is 11.6. The Hall–Kier alpha value is -3.01. The SMILES string of the molecule is CNC(=O)/C(C#N)=C\c1cc(C)n(-c2cccc(C(F)(F)F)c2)c1C. The van der Waals surface area contributed by atoms with E-state index in [1.807, 2.05) is 6.07 Å². The van der Waals surface area contributed by atoms with Gasteiger partial charge in [-0.25, -0.2) is 0 Å². The lowest BCUT2D eigenvalue weighted by atomic mass is 10.1. The molecule has 0 saturated heterocycles. The van der Waals surface area contributed by atoms with Crippen LogP contribution in [-0.4, -0.2) is 17.5 Å². The average Bonchev–Trinajstić information content (AvgIpc) is 2.85. The van der Waals surface area contributed by atoms with Crippen LogP contribution in [0, 0.1) is 25.2 Å². The van der Waals surface area contributed by atoms with Gasteiger partial charge in [-0.1, -0.05) is 6.07 Å². The second-order valence-electron chi connectivity index (χ2n) is 5.46. The zero-order chi connectivity index (χ0) is 18.8. The minimum atomic E-state index is -4.43. The first-order valence-corrected chi connectivity index (χ1v) is 7.39. The Bertz CT molecular complexity index is 886. The molecular weight excluding hydrogens is 331 g/mol. The van der Waals surface area contributed by atoms with Crippen LogP contribution in [-0.2, 0) is 11.0 Å². The molecule has 2 aromatic rings. The van der Waals surface area contributed by atoms with E-state index in [9.17, 15) is 18.0 Å². The predicted octanol–water partition coefficient (Wildman–Crippen LogP) is 3.77. The number of amides is 1. The van der Waals surface area contributed by atoms with Crippen molar-refractivity contribution in [3.8, 4) is 11.8 Å². The van der Waals surface area contributed by atoms with E-state index in [1.165, 1.54) is 19.2 Å². The van der Waals surface area contributed by atoms with E-state index in [1.54, 1.807) is 30.5 Å². The molecule has 0 saturated carbocycles. The molecule has 130 valence electrons. The van der Waals surface area contributed by atoms with Gasteiger partial charge in [-0.2, -0.15) is 18.4 Å². The highest BCUT2D eigenvalue weighted by atomic mass is 19.4. The molecule has 1 aromatic heterocycles. The fourth-order valence-corrected chi connectivity index (χ4v) is 2.59. The summed E-state index contributed by atoms with van der Waals surface area (Å²) in [5.41, 5.74) is 1.47. The number of aromatic nitrogens is 1. The highest BCUT2D eigenvalue weighted by Gasteiger charge is 2.30. The number of hydrogen-bond donors (Lipinski definition) is 1. The number of likely N-dealkylation sites (N-methyl/N-ethyl adjacent to an activating group) is 1. The summed E-state index contributed by atoms with van der Waals surface area (Å²) in [5.74, 6) is -0.522. The summed E-state index contributed by atoms with van der Waals surface area (Å²) in [6.45, 7) is 3.47. The monoisotopic (exact) mass is 347 g/mol. The van der Waals surface area contributed by atoms with Gasteiger partial charge in [0.2, 0.25) is 0 Å². The first-order chi connectivity index (χ1) is 11.7. The van der Waals surface area contributed by atoms with Gasteiger partial charge in [0.1, 0.15) is 11.6 Å². The maximum Gasteiger partial charge on any atom is 0.416 e. The van der Waals surface area contributed by atoms with Crippen molar-refractivity contribution < 1.29 is 18.0 Å². The Labute approximate surface area is 143 Å². The number of nitriles is 1. The highest BCUT2D eigenvalue weighted by molar-refractivity contribution is 6.01. The number of carbonyl (C=O) groups excluding carboxylic acids is 1. The Morgan fingerprint density at radius 1 is 1.28 bits per heavy atom. The molecule has 0 aliphatic heterocycles. The summed E-state index contributed by atoms with van der Waals surface area (Å²) in [6, 6.07) is 8.53. The van der Waals surface area contributed by atoms with E-state index in [2.05, 4.69) is 5.32 Å². The van der Waals surface area contributed by atoms with E-state index >= 15 is 0 Å². The van der Waals surface area contributed by atoms with Crippen LogP contribution in [0.3, 0.4) is 0 Å². The van der Waals surface area contributed by atoms with Gasteiger partial charge < -0.3 is 9.88 Å². The van der Waals surface area contributed by atoms with Crippen LogP contribution in [0.15, 0.2) is 35.9 Å². The van der Waals surface area contributed by atoms with Crippen molar-refractivity contribution in [1.29, 1.82) is 5.26 Å². The minimum absolute atomic E-state index is 0.0770. The summed E-state index contributed by atoms with van der Waals surface area (Å²) < 4.78 is 40.5. The molecule has 0 radical (unpaired) electrons. The maximum atomic E-state index is 12.9. The maximum absolute atomic E-state index is 12.9. The fourth-order valence-electron chi connectivity index (χ4n) is 2.59. The summed E-state index contributed by atoms with van der Waals surface area (Å²) in [7, 11) is 1.42. The van der Waals surface area contributed by atoms with Gasteiger partial charge in [0.15, 0.2) is 0 Å². The molecule has 0 fully saturated rings. The Morgan fingerprint density at radius 3 is 2.52 bits per heavy atom. The molecule has 0 unspecified atom stereocenters. The standard InChI is InChI=1S/C18H16F3N3O/c1-11-7-13(8-14(10-22)17(25)23-3)12(2)24(11)16-6-4-5-15(9-16)18(19,20)21/h4-9H,1-3H3,(H,23,25)/b14-8-. The van der Waals surface area contributed by atoms with E-state index in [0.29, 0.717) is 22.6 Å². The van der Waals surface area contributed by atoms with Gasteiger partial charge in [0.25, 0.3) is 5.91 Å². The van der Waals surface area contributed by atoms with E-state index in [0.717, 1.165) is 12.1 Å². The zero-order valence-corrected chi connectivity index (χ0v) is 13.9. The van der Waals surface area contributed by atoms with Gasteiger partial charge in [-0.3, -0.25) is 4.79 Å². The second-order valence-corrected chi connectivity index (χ2v) is 5.46. The molecule has 0 aliphatic rings. The number of halogens is 3. The van der Waals surface area contributed by atoms with E-state index < -0.39 is 17.6 Å². The molecule has 1 amide bonds. The number of carbonyl (C=O) groups is 1. The molecule has 1 N–H and O–H groups in total. The van der Waals surface area contributed by atoms with Crippen molar-refractivity contribution in [3.05, 3.63) is 58.4 Å². The fraction of sp³-hybridized carbons (Fsp3) is 0.222. The molecule has 25 heavy (non-hydrogen) atoms. The lowest BCUT2D eigenvalue weighted by molar-refractivity contribution is -0.137. The molecular formula is C18H16F3N3O. The molecule has 4 nitrogen and oxygen atoms in total. The van der Waals surface area contributed by atoms with Gasteiger partial charge >= 0.3 is 6.18 Å². The molecule has 0 spiro atoms. The molecule has 1 aromatic carbocycles. The third-order valence-corrected chi connectivity index (χ3v) is 3.79. The van der Waals surface area contributed by atoms with Gasteiger partial charge in [0, 0.05) is 24.1 Å². The van der Waals surface area contributed by atoms with Crippen LogP contribution < -0.4 is 5.32 Å². The van der Waals surface area contributed by atoms with Crippen molar-refractivity contribution in [2.24, 2.45) is 0 Å². The quantitative estimate of drug-likeness (QED) is 0.679. The minimum Gasteiger partial charge on any atom is -0.354 e. The Balaban J connectivity index is 2.57. The molecule has 2 rings (SSSR count).